The highest BCUT2D eigenvalue weighted by atomic mass is 79.9. The number of rotatable bonds is 5. The molecule has 6 nitrogen and oxygen atoms in total. The molecule has 2 N–H and O–H groups in total. The molecule has 21 heavy (non-hydrogen) atoms. The molecule has 1 amide bonds. The summed E-state index contributed by atoms with van der Waals surface area (Å²) in [5, 5.41) is 10.2. The van der Waals surface area contributed by atoms with Gasteiger partial charge in [-0.3, -0.25) is 4.79 Å². The van der Waals surface area contributed by atoms with Gasteiger partial charge in [0.25, 0.3) is 0 Å². The lowest BCUT2D eigenvalue weighted by atomic mass is 10.2. The lowest BCUT2D eigenvalue weighted by Gasteiger charge is -2.15. The van der Waals surface area contributed by atoms with Crippen molar-refractivity contribution in [1.29, 1.82) is 0 Å². The topological polar surface area (TPSA) is 101 Å². The quantitative estimate of drug-likeness (QED) is 0.814. The second-order valence-corrected chi connectivity index (χ2v) is 7.92. The van der Waals surface area contributed by atoms with Crippen molar-refractivity contribution < 1.29 is 23.1 Å². The van der Waals surface area contributed by atoms with E-state index in [4.69, 9.17) is 5.11 Å². The van der Waals surface area contributed by atoms with Crippen LogP contribution in [0.2, 0.25) is 0 Å². The molecule has 0 aromatic heterocycles. The van der Waals surface area contributed by atoms with Gasteiger partial charge in [-0.05, 0) is 54.9 Å². The highest BCUT2D eigenvalue weighted by molar-refractivity contribution is 9.10. The molecule has 0 heterocycles. The van der Waals surface area contributed by atoms with Crippen LogP contribution in [0.4, 0.5) is 0 Å². The molecule has 8 heteroatoms. The number of carbonyl (C=O) groups excluding carboxylic acids is 1. The third-order valence-corrected chi connectivity index (χ3v) is 5.51. The van der Waals surface area contributed by atoms with Gasteiger partial charge in [-0.25, -0.2) is 13.2 Å². The minimum atomic E-state index is -3.95. The van der Waals surface area contributed by atoms with E-state index in [0.717, 1.165) is 6.07 Å². The fourth-order valence-electron chi connectivity index (χ4n) is 1.59. The summed E-state index contributed by atoms with van der Waals surface area (Å²) in [6, 6.07) is 3.46. The Morgan fingerprint density at radius 3 is 2.29 bits per heavy atom. The molecule has 0 spiro atoms. The molecule has 0 fully saturated rings. The van der Waals surface area contributed by atoms with Crippen LogP contribution in [0.25, 0.3) is 0 Å². The van der Waals surface area contributed by atoms with Crippen molar-refractivity contribution in [2.75, 3.05) is 0 Å². The minimum absolute atomic E-state index is 0.174. The molecular formula is C13H16BrNO5S. The van der Waals surface area contributed by atoms with Crippen LogP contribution < -0.4 is 5.32 Å². The van der Waals surface area contributed by atoms with Crippen LogP contribution in [-0.4, -0.2) is 36.7 Å². The zero-order valence-electron chi connectivity index (χ0n) is 11.8. The summed E-state index contributed by atoms with van der Waals surface area (Å²) in [6.07, 6.45) is 0. The van der Waals surface area contributed by atoms with Crippen LogP contribution in [-0.2, 0) is 14.6 Å². The van der Waals surface area contributed by atoms with E-state index in [9.17, 15) is 18.0 Å². The van der Waals surface area contributed by atoms with Crippen LogP contribution in [0.5, 0.6) is 0 Å². The third kappa shape index (κ3) is 4.04. The Morgan fingerprint density at radius 2 is 1.81 bits per heavy atom. The van der Waals surface area contributed by atoms with Gasteiger partial charge in [0.1, 0.15) is 5.25 Å². The van der Waals surface area contributed by atoms with Crippen LogP contribution >= 0.6 is 15.9 Å². The average Bonchev–Trinajstić information content (AvgIpc) is 2.36. The number of carbonyl (C=O) groups is 2. The van der Waals surface area contributed by atoms with Crippen molar-refractivity contribution in [3.05, 3.63) is 28.2 Å². The summed E-state index contributed by atoms with van der Waals surface area (Å²) in [7, 11) is -3.95. The molecule has 0 aliphatic heterocycles. The maximum Gasteiger partial charge on any atom is 0.336 e. The molecule has 1 rings (SSSR count). The molecule has 0 aliphatic rings. The van der Waals surface area contributed by atoms with Gasteiger partial charge in [0.05, 0.1) is 10.5 Å². The van der Waals surface area contributed by atoms with E-state index in [-0.39, 0.29) is 21.0 Å². The zero-order valence-corrected chi connectivity index (χ0v) is 14.2. The Bertz CT molecular complexity index is 669. The number of hydrogen-bond donors (Lipinski definition) is 2. The number of benzene rings is 1. The van der Waals surface area contributed by atoms with Crippen LogP contribution in [0.1, 0.15) is 31.1 Å². The van der Waals surface area contributed by atoms with Gasteiger partial charge in [-0.2, -0.15) is 0 Å². The van der Waals surface area contributed by atoms with Crippen molar-refractivity contribution in [3.63, 3.8) is 0 Å². The molecule has 1 aromatic carbocycles. The number of nitrogens with one attached hydrogen (secondary N) is 1. The summed E-state index contributed by atoms with van der Waals surface area (Å²) in [5.41, 5.74) is -0.174. The van der Waals surface area contributed by atoms with Crippen molar-refractivity contribution >= 4 is 37.6 Å². The van der Waals surface area contributed by atoms with Gasteiger partial charge < -0.3 is 10.4 Å². The maximum absolute atomic E-state index is 12.4. The molecule has 0 radical (unpaired) electrons. The Labute approximate surface area is 131 Å². The molecule has 0 bridgehead atoms. The second-order valence-electron chi connectivity index (χ2n) is 4.80. The first kappa shape index (κ1) is 17.6. The largest absolute Gasteiger partial charge is 0.478 e. The Morgan fingerprint density at radius 1 is 1.24 bits per heavy atom. The molecule has 1 unspecified atom stereocenters. The lowest BCUT2D eigenvalue weighted by molar-refractivity contribution is -0.120. The second kappa shape index (κ2) is 6.57. The third-order valence-electron chi connectivity index (χ3n) is 2.76. The first-order valence-corrected chi connectivity index (χ1v) is 8.48. The average molecular weight is 378 g/mol. The smallest absolute Gasteiger partial charge is 0.336 e. The monoisotopic (exact) mass is 377 g/mol. The number of carboxylic acid groups (broad SMARTS) is 1. The lowest BCUT2D eigenvalue weighted by Crippen LogP contribution is -2.41. The predicted octanol–water partition coefficient (Wildman–Crippen LogP) is 1.83. The van der Waals surface area contributed by atoms with Gasteiger partial charge in [0.2, 0.25) is 5.91 Å². The fourth-order valence-corrected chi connectivity index (χ4v) is 3.31. The predicted molar refractivity (Wildman–Crippen MR) is 81.0 cm³/mol. The molecule has 0 saturated carbocycles. The number of hydrogen-bond acceptors (Lipinski definition) is 4. The summed E-state index contributed by atoms with van der Waals surface area (Å²) < 4.78 is 25.0. The maximum atomic E-state index is 12.4. The van der Waals surface area contributed by atoms with E-state index in [1.807, 2.05) is 0 Å². The molecule has 116 valence electrons. The Hall–Kier alpha value is -1.41. The molecule has 0 saturated heterocycles. The minimum Gasteiger partial charge on any atom is -0.478 e. The van der Waals surface area contributed by atoms with Crippen molar-refractivity contribution in [2.24, 2.45) is 0 Å². The van der Waals surface area contributed by atoms with Gasteiger partial charge >= 0.3 is 5.97 Å². The van der Waals surface area contributed by atoms with E-state index >= 15 is 0 Å². The summed E-state index contributed by atoms with van der Waals surface area (Å²) in [4.78, 5) is 22.7. The van der Waals surface area contributed by atoms with Gasteiger partial charge in [-0.1, -0.05) is 0 Å². The standard InChI is InChI=1S/C13H16BrNO5S/c1-7(2)15-12(16)8(3)21(19,20)9-4-5-11(14)10(6-9)13(17)18/h4-8H,1-3H3,(H,15,16)(H,17,18). The van der Waals surface area contributed by atoms with Crippen molar-refractivity contribution in [2.45, 2.75) is 37.0 Å². The summed E-state index contributed by atoms with van der Waals surface area (Å²) in [5.74, 6) is -1.87. The summed E-state index contributed by atoms with van der Waals surface area (Å²) in [6.45, 7) is 4.72. The van der Waals surface area contributed by atoms with E-state index in [1.165, 1.54) is 19.1 Å². The van der Waals surface area contributed by atoms with E-state index in [2.05, 4.69) is 21.2 Å². The van der Waals surface area contributed by atoms with Crippen LogP contribution in [0.3, 0.4) is 0 Å². The molecule has 1 aromatic rings. The molecule has 0 aliphatic carbocycles. The van der Waals surface area contributed by atoms with Crippen molar-refractivity contribution in [1.82, 2.24) is 5.32 Å². The number of aromatic carboxylic acids is 1. The van der Waals surface area contributed by atoms with E-state index in [1.54, 1.807) is 13.8 Å². The number of sulfone groups is 1. The van der Waals surface area contributed by atoms with Crippen LogP contribution in [0, 0.1) is 0 Å². The van der Waals surface area contributed by atoms with Gasteiger partial charge in [-0.15, -0.1) is 0 Å². The Balaban J connectivity index is 3.22. The first-order valence-electron chi connectivity index (χ1n) is 6.14. The number of amides is 1. The number of halogens is 1. The SMILES string of the molecule is CC(C)NC(=O)C(C)S(=O)(=O)c1ccc(Br)c(C(=O)O)c1. The summed E-state index contributed by atoms with van der Waals surface area (Å²) >= 11 is 3.04. The van der Waals surface area contributed by atoms with E-state index < -0.39 is 27.0 Å². The number of carboxylic acids is 1. The molecular weight excluding hydrogens is 362 g/mol. The zero-order chi connectivity index (χ0) is 16.4. The van der Waals surface area contributed by atoms with Crippen molar-refractivity contribution in [3.8, 4) is 0 Å². The highest BCUT2D eigenvalue weighted by Gasteiger charge is 2.30. The van der Waals surface area contributed by atoms with Gasteiger partial charge in [0, 0.05) is 10.5 Å². The highest BCUT2D eigenvalue weighted by Crippen LogP contribution is 2.23. The fraction of sp³-hybridized carbons (Fsp3) is 0.385. The van der Waals surface area contributed by atoms with Crippen LogP contribution in [0.15, 0.2) is 27.6 Å². The first-order chi connectivity index (χ1) is 9.57. The molecule has 1 atom stereocenters. The van der Waals surface area contributed by atoms with Gasteiger partial charge in [0.15, 0.2) is 9.84 Å². The normalized spacial score (nSPS) is 13.0. The Kier molecular flexibility index (Phi) is 5.52. The van der Waals surface area contributed by atoms with E-state index in [0.29, 0.717) is 0 Å².